The number of hydrogen-bond donors (Lipinski definition) is 1. The summed E-state index contributed by atoms with van der Waals surface area (Å²) in [5.74, 6) is 0.166. The van der Waals surface area contributed by atoms with E-state index in [1.807, 2.05) is 36.4 Å². The maximum atomic E-state index is 12.4. The molecule has 138 valence electrons. The zero-order valence-electron chi connectivity index (χ0n) is 15.0. The van der Waals surface area contributed by atoms with Gasteiger partial charge in [-0.2, -0.15) is 0 Å². The molecule has 0 aliphatic heterocycles. The summed E-state index contributed by atoms with van der Waals surface area (Å²) in [5, 5.41) is 4.62. The number of methoxy groups -OCH3 is 2. The second-order valence-electron chi connectivity index (χ2n) is 5.72. The predicted molar refractivity (Wildman–Crippen MR) is 102 cm³/mol. The molecule has 3 rings (SSSR count). The number of fused-ring (bicyclic) bond motifs is 1. The fourth-order valence-electron chi connectivity index (χ4n) is 2.69. The summed E-state index contributed by atoms with van der Waals surface area (Å²) >= 11 is 0. The lowest BCUT2D eigenvalue weighted by molar-refractivity contribution is -0.118. The SMILES string of the molecule is COC(=O)c1ccc(OC)cc1NC(=O)COc1cccc2ccccc12. The van der Waals surface area contributed by atoms with Gasteiger partial charge in [-0.1, -0.05) is 36.4 Å². The molecule has 1 N–H and O–H groups in total. The second kappa shape index (κ2) is 8.23. The van der Waals surface area contributed by atoms with Gasteiger partial charge in [0, 0.05) is 11.5 Å². The normalized spacial score (nSPS) is 10.3. The van der Waals surface area contributed by atoms with Crippen LogP contribution in [0.5, 0.6) is 11.5 Å². The highest BCUT2D eigenvalue weighted by Crippen LogP contribution is 2.26. The quantitative estimate of drug-likeness (QED) is 0.675. The molecule has 0 heterocycles. The highest BCUT2D eigenvalue weighted by atomic mass is 16.5. The van der Waals surface area contributed by atoms with Crippen LogP contribution in [-0.2, 0) is 9.53 Å². The number of ether oxygens (including phenoxy) is 3. The standard InChI is InChI=1S/C21H19NO5/c1-25-15-10-11-17(21(24)26-2)18(12-15)22-20(23)13-27-19-9-5-7-14-6-3-4-8-16(14)19/h3-12H,13H2,1-2H3,(H,22,23). The fraction of sp³-hybridized carbons (Fsp3) is 0.143. The van der Waals surface area contributed by atoms with Crippen molar-refractivity contribution in [1.82, 2.24) is 0 Å². The molecule has 6 heteroatoms. The zero-order chi connectivity index (χ0) is 19.2. The average Bonchev–Trinajstić information content (AvgIpc) is 2.71. The van der Waals surface area contributed by atoms with E-state index in [0.717, 1.165) is 10.8 Å². The lowest BCUT2D eigenvalue weighted by atomic mass is 10.1. The van der Waals surface area contributed by atoms with Gasteiger partial charge < -0.3 is 19.5 Å². The second-order valence-corrected chi connectivity index (χ2v) is 5.72. The molecule has 0 spiro atoms. The van der Waals surface area contributed by atoms with Crippen LogP contribution in [-0.4, -0.2) is 32.7 Å². The first-order valence-corrected chi connectivity index (χ1v) is 8.29. The first kappa shape index (κ1) is 18.3. The Labute approximate surface area is 156 Å². The fourth-order valence-corrected chi connectivity index (χ4v) is 2.69. The zero-order valence-corrected chi connectivity index (χ0v) is 15.0. The van der Waals surface area contributed by atoms with E-state index in [0.29, 0.717) is 17.2 Å². The van der Waals surface area contributed by atoms with Gasteiger partial charge >= 0.3 is 5.97 Å². The molecule has 0 aliphatic carbocycles. The molecule has 0 fully saturated rings. The summed E-state index contributed by atoms with van der Waals surface area (Å²) in [7, 11) is 2.78. The number of carbonyl (C=O) groups excluding carboxylic acids is 2. The molecular formula is C21H19NO5. The van der Waals surface area contributed by atoms with Gasteiger partial charge in [0.15, 0.2) is 6.61 Å². The topological polar surface area (TPSA) is 73.9 Å². The summed E-state index contributed by atoms with van der Waals surface area (Å²) in [6.45, 7) is -0.203. The van der Waals surface area contributed by atoms with Crippen LogP contribution in [0.4, 0.5) is 5.69 Å². The van der Waals surface area contributed by atoms with Gasteiger partial charge in [0.1, 0.15) is 11.5 Å². The van der Waals surface area contributed by atoms with Crippen molar-refractivity contribution in [3.8, 4) is 11.5 Å². The van der Waals surface area contributed by atoms with Crippen molar-refractivity contribution >= 4 is 28.3 Å². The number of rotatable bonds is 6. The maximum Gasteiger partial charge on any atom is 0.339 e. The van der Waals surface area contributed by atoms with E-state index < -0.39 is 11.9 Å². The minimum atomic E-state index is -0.553. The minimum Gasteiger partial charge on any atom is -0.497 e. The summed E-state index contributed by atoms with van der Waals surface area (Å²) in [4.78, 5) is 24.3. The van der Waals surface area contributed by atoms with Crippen LogP contribution < -0.4 is 14.8 Å². The Kier molecular flexibility index (Phi) is 5.56. The molecule has 0 unspecified atom stereocenters. The van der Waals surface area contributed by atoms with Crippen molar-refractivity contribution in [3.05, 3.63) is 66.2 Å². The van der Waals surface area contributed by atoms with Gasteiger partial charge in [0.05, 0.1) is 25.5 Å². The summed E-state index contributed by atoms with van der Waals surface area (Å²) in [6.07, 6.45) is 0. The largest absolute Gasteiger partial charge is 0.497 e. The Morgan fingerprint density at radius 2 is 1.74 bits per heavy atom. The van der Waals surface area contributed by atoms with Gasteiger partial charge in [0.25, 0.3) is 5.91 Å². The molecule has 0 bridgehead atoms. The summed E-state index contributed by atoms with van der Waals surface area (Å²) < 4.78 is 15.6. The van der Waals surface area contributed by atoms with Crippen molar-refractivity contribution in [2.24, 2.45) is 0 Å². The van der Waals surface area contributed by atoms with Crippen LogP contribution in [0.25, 0.3) is 10.8 Å². The monoisotopic (exact) mass is 365 g/mol. The third-order valence-electron chi connectivity index (χ3n) is 4.01. The maximum absolute atomic E-state index is 12.4. The van der Waals surface area contributed by atoms with Gasteiger partial charge in [-0.25, -0.2) is 4.79 Å². The minimum absolute atomic E-state index is 0.203. The molecule has 0 aromatic heterocycles. The molecule has 27 heavy (non-hydrogen) atoms. The molecule has 3 aromatic rings. The van der Waals surface area contributed by atoms with Gasteiger partial charge in [0.2, 0.25) is 0 Å². The highest BCUT2D eigenvalue weighted by molar-refractivity contribution is 6.02. The predicted octanol–water partition coefficient (Wildman–Crippen LogP) is 3.65. The van der Waals surface area contributed by atoms with Crippen molar-refractivity contribution in [1.29, 1.82) is 0 Å². The Morgan fingerprint density at radius 3 is 2.52 bits per heavy atom. The molecule has 6 nitrogen and oxygen atoms in total. The number of benzene rings is 3. The molecule has 0 atom stereocenters. The molecule has 3 aromatic carbocycles. The Bertz CT molecular complexity index is 978. The molecular weight excluding hydrogens is 346 g/mol. The van der Waals surface area contributed by atoms with Crippen LogP contribution in [0.2, 0.25) is 0 Å². The van der Waals surface area contributed by atoms with Crippen LogP contribution in [0.1, 0.15) is 10.4 Å². The van der Waals surface area contributed by atoms with Crippen LogP contribution in [0.15, 0.2) is 60.7 Å². The smallest absolute Gasteiger partial charge is 0.339 e. The Morgan fingerprint density at radius 1 is 0.963 bits per heavy atom. The number of amides is 1. The Hall–Kier alpha value is -3.54. The van der Waals surface area contributed by atoms with E-state index in [1.54, 1.807) is 18.2 Å². The van der Waals surface area contributed by atoms with Crippen LogP contribution in [0.3, 0.4) is 0 Å². The lowest BCUT2D eigenvalue weighted by Gasteiger charge is -2.13. The van der Waals surface area contributed by atoms with Crippen LogP contribution >= 0.6 is 0 Å². The molecule has 1 amide bonds. The molecule has 0 saturated carbocycles. The van der Waals surface area contributed by atoms with Crippen molar-refractivity contribution < 1.29 is 23.8 Å². The van der Waals surface area contributed by atoms with E-state index in [1.165, 1.54) is 20.3 Å². The summed E-state index contributed by atoms with van der Waals surface area (Å²) in [6, 6.07) is 18.1. The van der Waals surface area contributed by atoms with E-state index in [4.69, 9.17) is 14.2 Å². The Balaban J connectivity index is 1.75. The molecule has 0 saturated heterocycles. The van der Waals surface area contributed by atoms with E-state index in [2.05, 4.69) is 5.32 Å². The number of carbonyl (C=O) groups is 2. The third-order valence-corrected chi connectivity index (χ3v) is 4.01. The van der Waals surface area contributed by atoms with Crippen molar-refractivity contribution in [2.45, 2.75) is 0 Å². The first-order chi connectivity index (χ1) is 13.1. The van der Waals surface area contributed by atoms with E-state index in [9.17, 15) is 9.59 Å². The van der Waals surface area contributed by atoms with Crippen LogP contribution in [0, 0.1) is 0 Å². The molecule has 0 radical (unpaired) electrons. The number of hydrogen-bond acceptors (Lipinski definition) is 5. The van der Waals surface area contributed by atoms with Crippen molar-refractivity contribution in [3.63, 3.8) is 0 Å². The molecule has 0 aliphatic rings. The van der Waals surface area contributed by atoms with Gasteiger partial charge in [-0.3, -0.25) is 4.79 Å². The van der Waals surface area contributed by atoms with E-state index >= 15 is 0 Å². The number of esters is 1. The van der Waals surface area contributed by atoms with E-state index in [-0.39, 0.29) is 12.2 Å². The number of anilines is 1. The number of nitrogens with one attached hydrogen (secondary N) is 1. The van der Waals surface area contributed by atoms with Crippen molar-refractivity contribution in [2.75, 3.05) is 26.1 Å². The highest BCUT2D eigenvalue weighted by Gasteiger charge is 2.15. The van der Waals surface area contributed by atoms with Gasteiger partial charge in [-0.15, -0.1) is 0 Å². The first-order valence-electron chi connectivity index (χ1n) is 8.29. The summed E-state index contributed by atoms with van der Waals surface area (Å²) in [5.41, 5.74) is 0.532. The van der Waals surface area contributed by atoms with Gasteiger partial charge in [-0.05, 0) is 23.6 Å². The third kappa shape index (κ3) is 4.17. The average molecular weight is 365 g/mol. The lowest BCUT2D eigenvalue weighted by Crippen LogP contribution is -2.22.